The minimum Gasteiger partial charge on any atom is -0.473 e. The second kappa shape index (κ2) is 6.45. The van der Waals surface area contributed by atoms with Crippen LogP contribution >= 0.6 is 11.6 Å². The molecule has 0 atom stereocenters. The van der Waals surface area contributed by atoms with Gasteiger partial charge in [-0.25, -0.2) is 4.98 Å². The number of anilines is 2. The van der Waals surface area contributed by atoms with Crippen LogP contribution in [0, 0.1) is 0 Å². The molecule has 0 aliphatic heterocycles. The minimum absolute atomic E-state index is 0.0457. The molecule has 0 radical (unpaired) electrons. The van der Waals surface area contributed by atoms with E-state index in [-0.39, 0.29) is 12.0 Å². The molecule has 0 bridgehead atoms. The number of pyridine rings is 1. The fraction of sp³-hybridized carbons (Fsp3) is 0.200. The molecule has 6 heteroatoms. The van der Waals surface area contributed by atoms with E-state index in [2.05, 4.69) is 10.3 Å². The predicted octanol–water partition coefficient (Wildman–Crippen LogP) is 3.36. The predicted molar refractivity (Wildman–Crippen MR) is 83.8 cm³/mol. The molecule has 2 aromatic rings. The number of hydrogen-bond donors (Lipinski definition) is 2. The van der Waals surface area contributed by atoms with Crippen molar-refractivity contribution in [3.05, 3.63) is 47.1 Å². The number of nitrogen functional groups attached to an aromatic ring is 1. The van der Waals surface area contributed by atoms with Crippen molar-refractivity contribution in [3.8, 4) is 5.88 Å². The molecule has 1 heterocycles. The number of ether oxygens (including phenoxy) is 1. The van der Waals surface area contributed by atoms with Gasteiger partial charge in [-0.2, -0.15) is 0 Å². The lowest BCUT2D eigenvalue weighted by molar-refractivity contribution is 0.102. The van der Waals surface area contributed by atoms with Gasteiger partial charge in [-0.1, -0.05) is 11.6 Å². The van der Waals surface area contributed by atoms with E-state index in [1.54, 1.807) is 30.5 Å². The molecule has 0 fully saturated rings. The molecular formula is C15H16ClN3O2. The zero-order valence-corrected chi connectivity index (χ0v) is 12.5. The molecular weight excluding hydrogens is 290 g/mol. The Morgan fingerprint density at radius 2 is 2.14 bits per heavy atom. The lowest BCUT2D eigenvalue weighted by Crippen LogP contribution is -2.15. The van der Waals surface area contributed by atoms with Crippen LogP contribution in [-0.4, -0.2) is 17.0 Å². The number of hydrogen-bond acceptors (Lipinski definition) is 4. The molecule has 2 rings (SSSR count). The SMILES string of the molecule is CC(C)Oc1ncccc1NC(=O)c1ccc(N)cc1Cl. The summed E-state index contributed by atoms with van der Waals surface area (Å²) in [5.74, 6) is 0.0222. The Bertz CT molecular complexity index is 659. The average Bonchev–Trinajstić information content (AvgIpc) is 2.40. The summed E-state index contributed by atoms with van der Waals surface area (Å²) in [5.41, 5.74) is 6.94. The lowest BCUT2D eigenvalue weighted by atomic mass is 10.2. The first-order chi connectivity index (χ1) is 9.97. The molecule has 0 aliphatic carbocycles. The van der Waals surface area contributed by atoms with Crippen molar-refractivity contribution < 1.29 is 9.53 Å². The Kier molecular flexibility index (Phi) is 4.65. The third-order valence-electron chi connectivity index (χ3n) is 2.60. The Balaban J connectivity index is 2.23. The van der Waals surface area contributed by atoms with E-state index in [0.717, 1.165) is 0 Å². The number of nitrogens with zero attached hydrogens (tertiary/aromatic N) is 1. The maximum absolute atomic E-state index is 12.3. The van der Waals surface area contributed by atoms with Crippen LogP contribution in [0.2, 0.25) is 5.02 Å². The number of nitrogens with one attached hydrogen (secondary N) is 1. The van der Waals surface area contributed by atoms with Crippen LogP contribution in [0.5, 0.6) is 5.88 Å². The Hall–Kier alpha value is -2.27. The second-order valence-electron chi connectivity index (χ2n) is 4.72. The molecule has 0 saturated heterocycles. The summed E-state index contributed by atoms with van der Waals surface area (Å²) in [4.78, 5) is 16.4. The van der Waals surface area contributed by atoms with Crippen molar-refractivity contribution in [3.63, 3.8) is 0 Å². The van der Waals surface area contributed by atoms with Crippen molar-refractivity contribution in [2.24, 2.45) is 0 Å². The van der Waals surface area contributed by atoms with Crippen molar-refractivity contribution in [2.45, 2.75) is 20.0 Å². The van der Waals surface area contributed by atoms with Crippen molar-refractivity contribution in [1.29, 1.82) is 0 Å². The van der Waals surface area contributed by atoms with Gasteiger partial charge in [0.2, 0.25) is 5.88 Å². The molecule has 1 aromatic heterocycles. The highest BCUT2D eigenvalue weighted by atomic mass is 35.5. The van der Waals surface area contributed by atoms with Crippen LogP contribution < -0.4 is 15.8 Å². The summed E-state index contributed by atoms with van der Waals surface area (Å²) < 4.78 is 5.55. The molecule has 0 spiro atoms. The smallest absolute Gasteiger partial charge is 0.257 e. The quantitative estimate of drug-likeness (QED) is 0.849. The number of aromatic nitrogens is 1. The maximum atomic E-state index is 12.3. The van der Waals surface area contributed by atoms with E-state index in [4.69, 9.17) is 22.1 Å². The highest BCUT2D eigenvalue weighted by Crippen LogP contribution is 2.25. The highest BCUT2D eigenvalue weighted by molar-refractivity contribution is 6.34. The molecule has 0 unspecified atom stereocenters. The van der Waals surface area contributed by atoms with Crippen LogP contribution in [0.4, 0.5) is 11.4 Å². The zero-order chi connectivity index (χ0) is 15.4. The van der Waals surface area contributed by atoms with E-state index in [9.17, 15) is 4.79 Å². The van der Waals surface area contributed by atoms with E-state index in [0.29, 0.717) is 27.8 Å². The standard InChI is InChI=1S/C15H16ClN3O2/c1-9(2)21-15-13(4-3-7-18-15)19-14(20)11-6-5-10(17)8-12(11)16/h3-9H,17H2,1-2H3,(H,19,20). The van der Waals surface area contributed by atoms with Gasteiger partial charge in [-0.05, 0) is 44.2 Å². The van der Waals surface area contributed by atoms with E-state index in [1.165, 1.54) is 6.07 Å². The van der Waals surface area contributed by atoms with Crippen molar-refractivity contribution in [2.75, 3.05) is 11.1 Å². The Labute approximate surface area is 128 Å². The number of nitrogens with two attached hydrogens (primary N) is 1. The third-order valence-corrected chi connectivity index (χ3v) is 2.92. The van der Waals surface area contributed by atoms with Gasteiger partial charge < -0.3 is 15.8 Å². The first kappa shape index (κ1) is 15.1. The maximum Gasteiger partial charge on any atom is 0.257 e. The van der Waals surface area contributed by atoms with Crippen LogP contribution in [0.25, 0.3) is 0 Å². The van der Waals surface area contributed by atoms with Gasteiger partial charge in [0.05, 0.1) is 16.7 Å². The zero-order valence-electron chi connectivity index (χ0n) is 11.8. The number of benzene rings is 1. The summed E-state index contributed by atoms with van der Waals surface area (Å²) in [7, 11) is 0. The molecule has 3 N–H and O–H groups in total. The molecule has 1 amide bonds. The van der Waals surface area contributed by atoms with Gasteiger partial charge in [-0.15, -0.1) is 0 Å². The summed E-state index contributed by atoms with van der Waals surface area (Å²) in [6.07, 6.45) is 1.56. The second-order valence-corrected chi connectivity index (χ2v) is 5.12. The lowest BCUT2D eigenvalue weighted by Gasteiger charge is -2.13. The van der Waals surface area contributed by atoms with Crippen LogP contribution in [-0.2, 0) is 0 Å². The molecule has 0 saturated carbocycles. The van der Waals surface area contributed by atoms with Crippen LogP contribution in [0.1, 0.15) is 24.2 Å². The molecule has 0 aliphatic rings. The van der Waals surface area contributed by atoms with Crippen molar-refractivity contribution >= 4 is 28.9 Å². The van der Waals surface area contributed by atoms with E-state index < -0.39 is 0 Å². The highest BCUT2D eigenvalue weighted by Gasteiger charge is 2.14. The van der Waals surface area contributed by atoms with Gasteiger partial charge >= 0.3 is 0 Å². The van der Waals surface area contributed by atoms with Crippen LogP contribution in [0.3, 0.4) is 0 Å². The number of halogens is 1. The number of amides is 1. The van der Waals surface area contributed by atoms with E-state index >= 15 is 0 Å². The summed E-state index contributed by atoms with van der Waals surface area (Å²) in [6.45, 7) is 3.77. The summed E-state index contributed by atoms with van der Waals surface area (Å²) in [5, 5.41) is 3.03. The van der Waals surface area contributed by atoms with Gasteiger partial charge in [0.25, 0.3) is 5.91 Å². The number of rotatable bonds is 4. The van der Waals surface area contributed by atoms with Gasteiger partial charge in [-0.3, -0.25) is 4.79 Å². The monoisotopic (exact) mass is 305 g/mol. The number of carbonyl (C=O) groups is 1. The third kappa shape index (κ3) is 3.86. The topological polar surface area (TPSA) is 77.2 Å². The first-order valence-corrected chi connectivity index (χ1v) is 6.83. The summed E-state index contributed by atoms with van der Waals surface area (Å²) in [6, 6.07) is 8.16. The molecule has 5 nitrogen and oxygen atoms in total. The minimum atomic E-state index is -0.346. The summed E-state index contributed by atoms with van der Waals surface area (Å²) >= 11 is 6.03. The van der Waals surface area contributed by atoms with Crippen LogP contribution in [0.15, 0.2) is 36.5 Å². The fourth-order valence-corrected chi connectivity index (χ4v) is 1.98. The van der Waals surface area contributed by atoms with E-state index in [1.807, 2.05) is 13.8 Å². The van der Waals surface area contributed by atoms with Crippen molar-refractivity contribution in [1.82, 2.24) is 4.98 Å². The molecule has 110 valence electrons. The first-order valence-electron chi connectivity index (χ1n) is 6.45. The largest absolute Gasteiger partial charge is 0.473 e. The Morgan fingerprint density at radius 3 is 2.81 bits per heavy atom. The fourth-order valence-electron chi connectivity index (χ4n) is 1.71. The number of carbonyl (C=O) groups excluding carboxylic acids is 1. The normalized spacial score (nSPS) is 10.5. The Morgan fingerprint density at radius 1 is 1.38 bits per heavy atom. The molecule has 21 heavy (non-hydrogen) atoms. The average molecular weight is 306 g/mol. The molecule has 1 aromatic carbocycles. The van der Waals surface area contributed by atoms with Gasteiger partial charge in [0.1, 0.15) is 5.69 Å². The van der Waals surface area contributed by atoms with Gasteiger partial charge in [0, 0.05) is 11.9 Å². The van der Waals surface area contributed by atoms with Gasteiger partial charge in [0.15, 0.2) is 0 Å².